The van der Waals surface area contributed by atoms with E-state index in [4.69, 9.17) is 4.74 Å². The fraction of sp³-hybridized carbons (Fsp3) is 0.739. The summed E-state index contributed by atoms with van der Waals surface area (Å²) in [7, 11) is 0. The smallest absolute Gasteiger partial charge is 0.410 e. The number of ether oxygens (including phenoxy) is 1. The molecule has 168 valence electrons. The van der Waals surface area contributed by atoms with Crippen LogP contribution in [0, 0.1) is 11.8 Å². The first-order valence-corrected chi connectivity index (χ1v) is 11.5. The van der Waals surface area contributed by atoms with E-state index in [0.29, 0.717) is 23.9 Å². The molecular formula is C23H33N5O3. The number of nitrogens with one attached hydrogen (secondary N) is 1. The Morgan fingerprint density at radius 1 is 1.16 bits per heavy atom. The van der Waals surface area contributed by atoms with Crippen LogP contribution in [0.5, 0.6) is 0 Å². The van der Waals surface area contributed by atoms with E-state index in [0.717, 1.165) is 56.0 Å². The number of hydrogen-bond donors (Lipinski definition) is 1. The Morgan fingerprint density at radius 3 is 2.39 bits per heavy atom. The summed E-state index contributed by atoms with van der Waals surface area (Å²) in [6, 6.07) is 2.62. The average Bonchev–Trinajstić information content (AvgIpc) is 3.25. The van der Waals surface area contributed by atoms with Gasteiger partial charge >= 0.3 is 6.09 Å². The number of likely N-dealkylation sites (tertiary alicyclic amines) is 1. The summed E-state index contributed by atoms with van der Waals surface area (Å²) in [4.78, 5) is 29.0. The topological polar surface area (TPSA) is 87.7 Å². The molecule has 0 radical (unpaired) electrons. The lowest BCUT2D eigenvalue weighted by molar-refractivity contribution is -0.122. The SMILES string of the molecule is CC(C)(C)OC(=O)N1C[C@H]2C[C@H](Nc3cc4c(nn3)N(C3CC3)C(=O)C4(C)C)C[C@H]2C1. The molecule has 2 saturated carbocycles. The second-order valence-electron chi connectivity index (χ2n) is 11.2. The van der Waals surface area contributed by atoms with E-state index in [1.165, 1.54) is 0 Å². The molecule has 1 aromatic rings. The van der Waals surface area contributed by atoms with Crippen molar-refractivity contribution in [3.05, 3.63) is 11.6 Å². The molecule has 0 bridgehead atoms. The van der Waals surface area contributed by atoms with Crippen molar-refractivity contribution in [1.82, 2.24) is 15.1 Å². The van der Waals surface area contributed by atoms with Gasteiger partial charge in [-0.2, -0.15) is 0 Å². The Labute approximate surface area is 183 Å². The molecule has 5 rings (SSSR count). The van der Waals surface area contributed by atoms with E-state index in [1.807, 2.05) is 50.5 Å². The van der Waals surface area contributed by atoms with Crippen molar-refractivity contribution >= 4 is 23.6 Å². The van der Waals surface area contributed by atoms with Crippen LogP contribution in [-0.2, 0) is 14.9 Å². The van der Waals surface area contributed by atoms with Gasteiger partial charge in [-0.25, -0.2) is 4.79 Å². The number of hydrogen-bond acceptors (Lipinski definition) is 6. The molecule has 4 aliphatic rings. The highest BCUT2D eigenvalue weighted by Crippen LogP contribution is 2.46. The zero-order valence-electron chi connectivity index (χ0n) is 19.1. The molecule has 8 heteroatoms. The highest BCUT2D eigenvalue weighted by molar-refractivity contribution is 6.07. The van der Waals surface area contributed by atoms with E-state index in [2.05, 4.69) is 15.5 Å². The molecule has 1 N–H and O–H groups in total. The molecule has 2 aliphatic heterocycles. The van der Waals surface area contributed by atoms with Gasteiger partial charge < -0.3 is 15.0 Å². The fourth-order valence-electron chi connectivity index (χ4n) is 5.38. The lowest BCUT2D eigenvalue weighted by atomic mass is 9.87. The van der Waals surface area contributed by atoms with Gasteiger partial charge in [0.25, 0.3) is 0 Å². The number of rotatable bonds is 3. The number of fused-ring (bicyclic) bond motifs is 2. The highest BCUT2D eigenvalue weighted by Gasteiger charge is 2.50. The first kappa shape index (κ1) is 20.5. The van der Waals surface area contributed by atoms with Crippen LogP contribution >= 0.6 is 0 Å². The predicted molar refractivity (Wildman–Crippen MR) is 117 cm³/mol. The molecule has 3 heterocycles. The Hall–Kier alpha value is -2.38. The van der Waals surface area contributed by atoms with Crippen LogP contribution in [0.3, 0.4) is 0 Å². The van der Waals surface area contributed by atoms with E-state index >= 15 is 0 Å². The van der Waals surface area contributed by atoms with E-state index in [9.17, 15) is 9.59 Å². The summed E-state index contributed by atoms with van der Waals surface area (Å²) in [6.45, 7) is 11.2. The minimum Gasteiger partial charge on any atom is -0.444 e. The van der Waals surface area contributed by atoms with Gasteiger partial charge in [-0.15, -0.1) is 10.2 Å². The zero-order valence-corrected chi connectivity index (χ0v) is 19.1. The predicted octanol–water partition coefficient (Wildman–Crippen LogP) is 3.32. The van der Waals surface area contributed by atoms with Gasteiger partial charge in [0.2, 0.25) is 5.91 Å². The molecule has 2 aliphatic carbocycles. The quantitative estimate of drug-likeness (QED) is 0.796. The molecule has 2 amide bonds. The lowest BCUT2D eigenvalue weighted by Gasteiger charge is -2.25. The molecule has 0 aromatic carbocycles. The third kappa shape index (κ3) is 3.64. The summed E-state index contributed by atoms with van der Waals surface area (Å²) in [5.41, 5.74) is -0.0593. The molecular weight excluding hydrogens is 394 g/mol. The van der Waals surface area contributed by atoms with Crippen molar-refractivity contribution < 1.29 is 14.3 Å². The van der Waals surface area contributed by atoms with Crippen molar-refractivity contribution in [2.24, 2.45) is 11.8 Å². The zero-order chi connectivity index (χ0) is 22.1. The van der Waals surface area contributed by atoms with Gasteiger partial charge in [-0.1, -0.05) is 0 Å². The minimum atomic E-state index is -0.565. The number of anilines is 2. The van der Waals surface area contributed by atoms with Crippen LogP contribution in [-0.4, -0.2) is 57.9 Å². The van der Waals surface area contributed by atoms with Crippen molar-refractivity contribution in [2.75, 3.05) is 23.3 Å². The van der Waals surface area contributed by atoms with Crippen molar-refractivity contribution in [3.8, 4) is 0 Å². The van der Waals surface area contributed by atoms with Crippen molar-refractivity contribution in [1.29, 1.82) is 0 Å². The van der Waals surface area contributed by atoms with Crippen LogP contribution in [0.1, 0.15) is 65.9 Å². The Kier molecular flexibility index (Phi) is 4.51. The van der Waals surface area contributed by atoms with Crippen LogP contribution in [0.25, 0.3) is 0 Å². The fourth-order valence-corrected chi connectivity index (χ4v) is 5.38. The molecule has 3 atom stereocenters. The molecule has 0 spiro atoms. The molecule has 3 fully saturated rings. The van der Waals surface area contributed by atoms with Crippen LogP contribution in [0.15, 0.2) is 6.07 Å². The summed E-state index contributed by atoms with van der Waals surface area (Å²) in [5.74, 6) is 2.58. The Morgan fingerprint density at radius 2 is 1.81 bits per heavy atom. The van der Waals surface area contributed by atoms with Crippen LogP contribution < -0.4 is 10.2 Å². The molecule has 0 unspecified atom stereocenters. The van der Waals surface area contributed by atoms with Gasteiger partial charge in [0, 0.05) is 30.7 Å². The summed E-state index contributed by atoms with van der Waals surface area (Å²) in [5, 5.41) is 12.4. The second-order valence-corrected chi connectivity index (χ2v) is 11.2. The van der Waals surface area contributed by atoms with E-state index in [-0.39, 0.29) is 12.0 Å². The van der Waals surface area contributed by atoms with Gasteiger partial charge in [-0.3, -0.25) is 9.69 Å². The standard InChI is InChI=1S/C23H33N5O3/c1-22(2,3)31-21(30)27-11-13-8-15(9-14(13)12-27)24-18-10-17-19(26-25-18)28(16-6-7-16)20(29)23(17,4)5/h10,13-16H,6-9,11-12H2,1-5H3,(H,24,25)/t13-,14+,15+. The second kappa shape index (κ2) is 6.81. The monoisotopic (exact) mass is 427 g/mol. The van der Waals surface area contributed by atoms with E-state index < -0.39 is 11.0 Å². The van der Waals surface area contributed by atoms with Crippen molar-refractivity contribution in [3.63, 3.8) is 0 Å². The summed E-state index contributed by atoms with van der Waals surface area (Å²) < 4.78 is 5.53. The number of amides is 2. The number of carbonyl (C=O) groups is 2. The van der Waals surface area contributed by atoms with Gasteiger partial charge in [0.15, 0.2) is 5.82 Å². The maximum Gasteiger partial charge on any atom is 0.410 e. The van der Waals surface area contributed by atoms with Gasteiger partial charge in [0.05, 0.1) is 5.41 Å². The summed E-state index contributed by atoms with van der Waals surface area (Å²) >= 11 is 0. The number of nitrogens with zero attached hydrogens (tertiary/aromatic N) is 4. The number of aromatic nitrogens is 2. The minimum absolute atomic E-state index is 0.133. The average molecular weight is 428 g/mol. The normalized spacial score (nSPS) is 29.2. The van der Waals surface area contributed by atoms with Crippen molar-refractivity contribution in [2.45, 2.75) is 83.4 Å². The first-order chi connectivity index (χ1) is 14.5. The third-order valence-electron chi connectivity index (χ3n) is 7.10. The maximum absolute atomic E-state index is 12.9. The lowest BCUT2D eigenvalue weighted by Crippen LogP contribution is -2.37. The summed E-state index contributed by atoms with van der Waals surface area (Å²) in [6.07, 6.45) is 3.89. The number of carbonyl (C=O) groups excluding carboxylic acids is 2. The van der Waals surface area contributed by atoms with Crippen LogP contribution in [0.4, 0.5) is 16.4 Å². The van der Waals surface area contributed by atoms with Crippen LogP contribution in [0.2, 0.25) is 0 Å². The highest BCUT2D eigenvalue weighted by atomic mass is 16.6. The van der Waals surface area contributed by atoms with Gasteiger partial charge in [-0.05, 0) is 78.2 Å². The Balaban J connectivity index is 1.23. The molecule has 1 aromatic heterocycles. The Bertz CT molecular complexity index is 906. The molecule has 1 saturated heterocycles. The molecule has 8 nitrogen and oxygen atoms in total. The first-order valence-electron chi connectivity index (χ1n) is 11.5. The largest absolute Gasteiger partial charge is 0.444 e. The van der Waals surface area contributed by atoms with Gasteiger partial charge in [0.1, 0.15) is 11.4 Å². The maximum atomic E-state index is 12.9. The third-order valence-corrected chi connectivity index (χ3v) is 7.10. The van der Waals surface area contributed by atoms with E-state index in [1.54, 1.807) is 0 Å². The molecule has 31 heavy (non-hydrogen) atoms.